The van der Waals surface area contributed by atoms with E-state index in [9.17, 15) is 0 Å². The fourth-order valence-electron chi connectivity index (χ4n) is 2.20. The van der Waals surface area contributed by atoms with Crippen molar-refractivity contribution in [2.75, 3.05) is 23.7 Å². The Kier molecular flexibility index (Phi) is 4.89. The summed E-state index contributed by atoms with van der Waals surface area (Å²) in [4.78, 5) is 6.96. The van der Waals surface area contributed by atoms with Crippen molar-refractivity contribution in [3.05, 3.63) is 23.9 Å². The Balaban J connectivity index is 1.98. The Bertz CT molecular complexity index is 366. The van der Waals surface area contributed by atoms with Crippen LogP contribution < -0.4 is 10.6 Å². The Morgan fingerprint density at radius 1 is 1.56 bits per heavy atom. The molecule has 1 saturated heterocycles. The van der Waals surface area contributed by atoms with Gasteiger partial charge in [-0.1, -0.05) is 19.9 Å². The van der Waals surface area contributed by atoms with E-state index in [4.69, 9.17) is 5.73 Å². The lowest BCUT2D eigenvalue weighted by Gasteiger charge is -2.31. The van der Waals surface area contributed by atoms with Crippen LogP contribution in [-0.2, 0) is 6.42 Å². The molecular weight excluding hydrogens is 242 g/mol. The monoisotopic (exact) mass is 265 g/mol. The molecule has 0 aromatic carbocycles. The molecule has 1 aromatic heterocycles. The lowest BCUT2D eigenvalue weighted by Crippen LogP contribution is -2.37. The van der Waals surface area contributed by atoms with Crippen LogP contribution in [0.15, 0.2) is 18.3 Å². The third-order valence-electron chi connectivity index (χ3n) is 3.40. The highest BCUT2D eigenvalue weighted by Crippen LogP contribution is 2.22. The van der Waals surface area contributed by atoms with Gasteiger partial charge < -0.3 is 10.6 Å². The summed E-state index contributed by atoms with van der Waals surface area (Å²) >= 11 is 2.05. The van der Waals surface area contributed by atoms with Crippen molar-refractivity contribution in [2.24, 2.45) is 5.73 Å². The summed E-state index contributed by atoms with van der Waals surface area (Å²) in [5.41, 5.74) is 7.21. The zero-order chi connectivity index (χ0) is 13.0. The molecule has 0 aliphatic carbocycles. The third-order valence-corrected chi connectivity index (χ3v) is 4.53. The number of anilines is 1. The smallest absolute Gasteiger partial charge is 0.128 e. The van der Waals surface area contributed by atoms with E-state index in [1.807, 2.05) is 18.0 Å². The third kappa shape index (κ3) is 3.62. The second-order valence-corrected chi connectivity index (χ2v) is 6.57. The molecule has 1 aliphatic heterocycles. The van der Waals surface area contributed by atoms with Gasteiger partial charge in [0.05, 0.1) is 0 Å². The average Bonchev–Trinajstić information content (AvgIpc) is 2.39. The van der Waals surface area contributed by atoms with E-state index in [0.717, 1.165) is 31.7 Å². The van der Waals surface area contributed by atoms with Crippen LogP contribution >= 0.6 is 11.8 Å². The van der Waals surface area contributed by atoms with Crippen LogP contribution in [0.5, 0.6) is 0 Å². The zero-order valence-electron chi connectivity index (χ0n) is 11.3. The number of pyridine rings is 1. The number of nitrogens with two attached hydrogens (primary N) is 1. The molecular formula is C14H23N3S. The highest BCUT2D eigenvalue weighted by molar-refractivity contribution is 8.00. The van der Waals surface area contributed by atoms with Crippen LogP contribution in [-0.4, -0.2) is 35.1 Å². The molecule has 2 unspecified atom stereocenters. The molecule has 0 amide bonds. The first kappa shape index (κ1) is 13.7. The van der Waals surface area contributed by atoms with Crippen molar-refractivity contribution in [3.8, 4) is 0 Å². The Morgan fingerprint density at radius 2 is 2.39 bits per heavy atom. The fraction of sp³-hybridized carbons (Fsp3) is 0.643. The summed E-state index contributed by atoms with van der Waals surface area (Å²) in [7, 11) is 0. The molecule has 2 atom stereocenters. The van der Waals surface area contributed by atoms with Gasteiger partial charge in [-0.25, -0.2) is 4.98 Å². The van der Waals surface area contributed by atoms with Crippen molar-refractivity contribution in [2.45, 2.75) is 38.0 Å². The maximum Gasteiger partial charge on any atom is 0.128 e. The molecule has 18 heavy (non-hydrogen) atoms. The summed E-state index contributed by atoms with van der Waals surface area (Å²) in [6, 6.07) is 4.56. The van der Waals surface area contributed by atoms with Gasteiger partial charge in [0.2, 0.25) is 0 Å². The van der Waals surface area contributed by atoms with Crippen LogP contribution in [0.1, 0.15) is 25.8 Å². The van der Waals surface area contributed by atoms with Crippen LogP contribution in [0.25, 0.3) is 0 Å². The minimum absolute atomic E-state index is 0.254. The van der Waals surface area contributed by atoms with E-state index in [2.05, 4.69) is 35.9 Å². The molecule has 3 nitrogen and oxygen atoms in total. The van der Waals surface area contributed by atoms with Gasteiger partial charge in [0.15, 0.2) is 0 Å². The second-order valence-electron chi connectivity index (χ2n) is 5.02. The molecule has 0 saturated carbocycles. The quantitative estimate of drug-likeness (QED) is 0.907. The number of thioether (sulfide) groups is 1. The average molecular weight is 265 g/mol. The van der Waals surface area contributed by atoms with E-state index in [-0.39, 0.29) is 6.04 Å². The first-order chi connectivity index (χ1) is 8.69. The summed E-state index contributed by atoms with van der Waals surface area (Å²) in [5.74, 6) is 2.31. The maximum absolute atomic E-state index is 5.96. The molecule has 2 N–H and O–H groups in total. The molecule has 0 radical (unpaired) electrons. The molecule has 0 spiro atoms. The summed E-state index contributed by atoms with van der Waals surface area (Å²) < 4.78 is 0. The number of nitrogens with zero attached hydrogens (tertiary/aromatic N) is 2. The van der Waals surface area contributed by atoms with Gasteiger partial charge >= 0.3 is 0 Å². The van der Waals surface area contributed by atoms with Crippen LogP contribution in [0.4, 0.5) is 5.82 Å². The number of aromatic nitrogens is 1. The number of hydrogen-bond acceptors (Lipinski definition) is 4. The summed E-state index contributed by atoms with van der Waals surface area (Å²) in [5, 5.41) is 0.703. The Labute approximate surface area is 114 Å². The molecule has 100 valence electrons. The van der Waals surface area contributed by atoms with E-state index in [0.29, 0.717) is 5.25 Å². The van der Waals surface area contributed by atoms with Crippen LogP contribution in [0, 0.1) is 0 Å². The van der Waals surface area contributed by atoms with Gasteiger partial charge in [-0.2, -0.15) is 11.8 Å². The predicted molar refractivity (Wildman–Crippen MR) is 80.3 cm³/mol. The Hall–Kier alpha value is -0.740. The van der Waals surface area contributed by atoms with Gasteiger partial charge in [-0.15, -0.1) is 0 Å². The minimum Gasteiger partial charge on any atom is -0.355 e. The highest BCUT2D eigenvalue weighted by atomic mass is 32.2. The van der Waals surface area contributed by atoms with E-state index in [1.54, 1.807) is 0 Å². The standard InChI is InChI=1S/C14H23N3S/c1-3-13(15)8-12-4-5-14(16-9-12)17-6-7-18-11(2)10-17/h4-5,9,11,13H,3,6-8,10,15H2,1-2H3. The molecule has 1 fully saturated rings. The van der Waals surface area contributed by atoms with Crippen LogP contribution in [0.2, 0.25) is 0 Å². The van der Waals surface area contributed by atoms with E-state index >= 15 is 0 Å². The highest BCUT2D eigenvalue weighted by Gasteiger charge is 2.17. The van der Waals surface area contributed by atoms with Gasteiger partial charge in [-0.3, -0.25) is 0 Å². The largest absolute Gasteiger partial charge is 0.355 e. The molecule has 1 aromatic rings. The molecule has 2 heterocycles. The topological polar surface area (TPSA) is 42.1 Å². The van der Waals surface area contributed by atoms with E-state index in [1.165, 1.54) is 11.3 Å². The lowest BCUT2D eigenvalue weighted by molar-refractivity contribution is 0.645. The van der Waals surface area contributed by atoms with Gasteiger partial charge in [0.1, 0.15) is 5.82 Å². The van der Waals surface area contributed by atoms with E-state index < -0.39 is 0 Å². The van der Waals surface area contributed by atoms with Crippen molar-refractivity contribution in [3.63, 3.8) is 0 Å². The molecule has 2 rings (SSSR count). The lowest BCUT2D eigenvalue weighted by atomic mass is 10.1. The normalized spacial score (nSPS) is 21.9. The summed E-state index contributed by atoms with van der Waals surface area (Å²) in [6.45, 7) is 6.62. The first-order valence-electron chi connectivity index (χ1n) is 6.76. The summed E-state index contributed by atoms with van der Waals surface area (Å²) in [6.07, 6.45) is 3.93. The SMILES string of the molecule is CCC(N)Cc1ccc(N2CCSC(C)C2)nc1. The van der Waals surface area contributed by atoms with Crippen LogP contribution in [0.3, 0.4) is 0 Å². The maximum atomic E-state index is 5.96. The Morgan fingerprint density at radius 3 is 3.00 bits per heavy atom. The van der Waals surface area contributed by atoms with Crippen molar-refractivity contribution in [1.82, 2.24) is 4.98 Å². The zero-order valence-corrected chi connectivity index (χ0v) is 12.1. The molecule has 0 bridgehead atoms. The van der Waals surface area contributed by atoms with Gasteiger partial charge in [0.25, 0.3) is 0 Å². The van der Waals surface area contributed by atoms with Crippen molar-refractivity contribution >= 4 is 17.6 Å². The fourth-order valence-corrected chi connectivity index (χ4v) is 3.21. The van der Waals surface area contributed by atoms with Crippen molar-refractivity contribution < 1.29 is 0 Å². The first-order valence-corrected chi connectivity index (χ1v) is 7.81. The van der Waals surface area contributed by atoms with Gasteiger partial charge in [-0.05, 0) is 24.5 Å². The van der Waals surface area contributed by atoms with Gasteiger partial charge in [0, 0.05) is 36.3 Å². The minimum atomic E-state index is 0.254. The van der Waals surface area contributed by atoms with Crippen molar-refractivity contribution in [1.29, 1.82) is 0 Å². The number of rotatable bonds is 4. The predicted octanol–water partition coefficient (Wildman–Crippen LogP) is 2.30. The molecule has 1 aliphatic rings. The second kappa shape index (κ2) is 6.43. The molecule has 4 heteroatoms. The number of hydrogen-bond donors (Lipinski definition) is 1.